The third-order valence-corrected chi connectivity index (χ3v) is 10.9. The number of carboxylic acid groups (broad SMARTS) is 1. The number of fused-ring (bicyclic) bond motifs is 4. The fourth-order valence-electron chi connectivity index (χ4n) is 6.34. The topological polar surface area (TPSA) is 233 Å². The number of aliphatic hydroxyl groups excluding tert-OH is 1. The van der Waals surface area contributed by atoms with Crippen LogP contribution in [-0.4, -0.2) is 93.0 Å². The Hall–Kier alpha value is -8.53. The van der Waals surface area contributed by atoms with Crippen LogP contribution in [0.5, 0.6) is 0 Å². The minimum absolute atomic E-state index is 0.0469. The first-order valence-corrected chi connectivity index (χ1v) is 22.8. The van der Waals surface area contributed by atoms with Gasteiger partial charge in [0.2, 0.25) is 0 Å². The second-order valence-corrected chi connectivity index (χ2v) is 19.3. The third kappa shape index (κ3) is 14.5. The van der Waals surface area contributed by atoms with E-state index in [9.17, 15) is 24.3 Å². The molecule has 0 unspecified atom stereocenters. The number of methoxy groups -OCH3 is 1. The maximum absolute atomic E-state index is 11.9. The van der Waals surface area contributed by atoms with Crippen LogP contribution in [0.25, 0.3) is 54.9 Å². The second-order valence-electron chi connectivity index (χ2n) is 19.3. The highest BCUT2D eigenvalue weighted by Gasteiger charge is 2.24. The Morgan fingerprint density at radius 3 is 1.33 bits per heavy atom. The molecule has 4 aromatic heterocycles. The number of esters is 1. The summed E-state index contributed by atoms with van der Waals surface area (Å²) in [6.07, 6.45) is 9.03. The average molecular weight is 970 g/mol. The van der Waals surface area contributed by atoms with E-state index >= 15 is 0 Å². The van der Waals surface area contributed by atoms with Crippen LogP contribution in [-0.2, 0) is 14.3 Å². The molecule has 0 radical (unpaired) electrons. The number of nitrogens with zero attached hydrogens (tertiary/aromatic N) is 9. The van der Waals surface area contributed by atoms with E-state index in [0.717, 1.165) is 38.7 Å². The first-order chi connectivity index (χ1) is 34.0. The van der Waals surface area contributed by atoms with Crippen LogP contribution in [0.4, 0.5) is 0 Å². The van der Waals surface area contributed by atoms with E-state index in [2.05, 4.69) is 82.5 Å². The van der Waals surface area contributed by atoms with E-state index in [1.54, 1.807) is 64.4 Å². The fraction of sp³-hybridized carbons (Fsp3) is 0.268. The summed E-state index contributed by atoms with van der Waals surface area (Å²) >= 11 is 0. The number of allylic oxidation sites excluding steroid dienone is 2. The maximum atomic E-state index is 11.9. The molecule has 0 fully saturated rings. The predicted molar refractivity (Wildman–Crippen MR) is 281 cm³/mol. The number of aliphatic imine (C=N–C) groups is 1. The number of carbonyl (C=O) groups excluding carboxylic acids is 3. The van der Waals surface area contributed by atoms with Crippen LogP contribution in [0.2, 0.25) is 0 Å². The van der Waals surface area contributed by atoms with Crippen LogP contribution < -0.4 is 0 Å². The number of hydrogen-bond donors (Lipinski definition) is 2. The number of carbonyl (C=O) groups is 4. The number of ether oxygens (including phenoxy) is 1. The van der Waals surface area contributed by atoms with Crippen molar-refractivity contribution in [3.63, 3.8) is 0 Å². The van der Waals surface area contributed by atoms with Crippen molar-refractivity contribution in [3.05, 3.63) is 157 Å². The third-order valence-electron chi connectivity index (χ3n) is 10.9. The van der Waals surface area contributed by atoms with Gasteiger partial charge in [0.05, 0.1) is 41.4 Å². The number of aliphatic hydroxyl groups is 1. The minimum Gasteiger partial charge on any atom is -0.506 e. The Labute approximate surface area is 418 Å². The van der Waals surface area contributed by atoms with Gasteiger partial charge >= 0.3 is 11.9 Å². The van der Waals surface area contributed by atoms with Gasteiger partial charge in [-0.1, -0.05) is 135 Å². The van der Waals surface area contributed by atoms with Gasteiger partial charge in [0.25, 0.3) is 0 Å². The number of aromatic nitrogens is 8. The van der Waals surface area contributed by atoms with Crippen LogP contribution in [0.15, 0.2) is 140 Å². The molecule has 0 aliphatic carbocycles. The average Bonchev–Trinajstić information content (AvgIpc) is 3.87. The smallest absolute Gasteiger partial charge is 0.357 e. The molecule has 0 atom stereocenters. The van der Waals surface area contributed by atoms with Crippen molar-refractivity contribution in [3.8, 4) is 0 Å². The van der Waals surface area contributed by atoms with Gasteiger partial charge in [0, 0.05) is 55.2 Å². The largest absolute Gasteiger partial charge is 0.506 e. The summed E-state index contributed by atoms with van der Waals surface area (Å²) in [5.74, 6) is -1.50. The van der Waals surface area contributed by atoms with Gasteiger partial charge in [-0.25, -0.2) is 49.5 Å². The second kappa shape index (κ2) is 23.9. The molecule has 0 bridgehead atoms. The van der Waals surface area contributed by atoms with Crippen molar-refractivity contribution in [2.75, 3.05) is 13.7 Å². The molecule has 0 spiro atoms. The quantitative estimate of drug-likeness (QED) is 0.0927. The van der Waals surface area contributed by atoms with Crippen molar-refractivity contribution in [2.24, 2.45) is 21.2 Å². The van der Waals surface area contributed by atoms with Crippen molar-refractivity contribution >= 4 is 84.2 Å². The number of rotatable bonds is 5. The Bertz CT molecular complexity index is 3240. The minimum atomic E-state index is -1.03. The molecule has 8 aromatic rings. The standard InChI is InChI=1S/C16H17N3.C15H16N2O2.C10H8N2O2.C9H6N2O2.C6H12O/c1-16(2,3)14-8-11(9-17-14)15-12-6-4-5-7-13(12)18-10-19-15;1-15(2,3)13(19)8-12(18)14-10-6-4-5-7-11(10)16-9-17-14;1-14-10(13)9-7-4-2-3-5-8(7)11-6-12-9;12-9(13)8-6-3-1-2-4-7(6)10-5-11-8;1-5(7)6(2,3)4/h4-8,10H,9H2,1-3H3;4-9,18H,1-3H3;2-6H,1H3;1-5H,(H,12,13);1-4H3. The summed E-state index contributed by atoms with van der Waals surface area (Å²) in [7, 11) is 1.33. The molecule has 1 aliphatic heterocycles. The molecule has 5 heterocycles. The van der Waals surface area contributed by atoms with E-state index < -0.39 is 17.4 Å². The SMILES string of the molecule is CC(=O)C(C)(C)C.CC(C)(C)C(=O)C=C(O)c1ncnc2ccccc12.CC(C)(C)C1=NCC(c2ncnc3ccccc23)=C1.COC(=O)c1ncnc2ccccc12.O=C(O)c1ncnc2ccccc12. The molecular formula is C56H59N9O7. The van der Waals surface area contributed by atoms with E-state index in [4.69, 9.17) is 5.11 Å². The zero-order chi connectivity index (χ0) is 52.8. The van der Waals surface area contributed by atoms with Crippen molar-refractivity contribution < 1.29 is 34.1 Å². The lowest BCUT2D eigenvalue weighted by Gasteiger charge is -2.16. The Morgan fingerprint density at radius 2 is 0.917 bits per heavy atom. The highest BCUT2D eigenvalue weighted by atomic mass is 16.5. The predicted octanol–water partition coefficient (Wildman–Crippen LogP) is 11.0. The zero-order valence-electron chi connectivity index (χ0n) is 42.4. The number of hydrogen-bond acceptors (Lipinski definition) is 15. The van der Waals surface area contributed by atoms with Gasteiger partial charge in [-0.3, -0.25) is 14.6 Å². The maximum Gasteiger partial charge on any atom is 0.357 e. The molecule has 0 saturated carbocycles. The van der Waals surface area contributed by atoms with Crippen molar-refractivity contribution in [1.29, 1.82) is 0 Å². The van der Waals surface area contributed by atoms with Crippen LogP contribution in [0.3, 0.4) is 0 Å². The van der Waals surface area contributed by atoms with Crippen molar-refractivity contribution in [1.82, 2.24) is 39.9 Å². The van der Waals surface area contributed by atoms with Crippen LogP contribution in [0.1, 0.15) is 102 Å². The molecule has 16 nitrogen and oxygen atoms in total. The summed E-state index contributed by atoms with van der Waals surface area (Å²) in [5, 5.41) is 22.0. The normalized spacial score (nSPS) is 12.3. The fourth-order valence-corrected chi connectivity index (χ4v) is 6.34. The molecular weight excluding hydrogens is 911 g/mol. The molecule has 72 heavy (non-hydrogen) atoms. The van der Waals surface area contributed by atoms with Gasteiger partial charge < -0.3 is 14.9 Å². The lowest BCUT2D eigenvalue weighted by atomic mass is 9.89. The van der Waals surface area contributed by atoms with Crippen LogP contribution >= 0.6 is 0 Å². The molecule has 1 aliphatic rings. The first kappa shape index (κ1) is 54.4. The molecule has 9 rings (SSSR count). The van der Waals surface area contributed by atoms with Gasteiger partial charge in [-0.05, 0) is 37.3 Å². The molecule has 370 valence electrons. The van der Waals surface area contributed by atoms with E-state index in [1.165, 1.54) is 37.7 Å². The molecule has 0 saturated heterocycles. The van der Waals surface area contributed by atoms with E-state index in [-0.39, 0.29) is 33.8 Å². The van der Waals surface area contributed by atoms with Crippen molar-refractivity contribution in [2.45, 2.75) is 69.2 Å². The summed E-state index contributed by atoms with van der Waals surface area (Å²) < 4.78 is 4.62. The number of ketones is 2. The van der Waals surface area contributed by atoms with E-state index in [0.29, 0.717) is 34.2 Å². The summed E-state index contributed by atoms with van der Waals surface area (Å²) in [5.41, 5.74) is 6.58. The number of benzene rings is 4. The van der Waals surface area contributed by atoms with Gasteiger partial charge in [-0.2, -0.15) is 0 Å². The number of carboxylic acids is 1. The lowest BCUT2D eigenvalue weighted by Crippen LogP contribution is -2.18. The molecule has 16 heteroatoms. The number of Topliss-reactive ketones (excluding diaryl/α,β-unsaturated/α-hetero) is 1. The first-order valence-electron chi connectivity index (χ1n) is 22.8. The summed E-state index contributed by atoms with van der Waals surface area (Å²) in [6, 6.07) is 29.8. The highest BCUT2D eigenvalue weighted by Crippen LogP contribution is 2.29. The van der Waals surface area contributed by atoms with Gasteiger partial charge in [0.15, 0.2) is 17.2 Å². The monoisotopic (exact) mass is 969 g/mol. The zero-order valence-corrected chi connectivity index (χ0v) is 42.4. The number of aromatic carboxylic acids is 1. The molecule has 0 amide bonds. The number of para-hydroxylation sites is 4. The highest BCUT2D eigenvalue weighted by molar-refractivity contribution is 6.09. The lowest BCUT2D eigenvalue weighted by molar-refractivity contribution is -0.124. The Balaban J connectivity index is 0.000000172. The van der Waals surface area contributed by atoms with Gasteiger partial charge in [-0.15, -0.1) is 0 Å². The van der Waals surface area contributed by atoms with Crippen LogP contribution in [0, 0.1) is 16.2 Å². The van der Waals surface area contributed by atoms with E-state index in [1.807, 2.05) is 81.4 Å². The molecule has 2 N–H and O–H groups in total. The van der Waals surface area contributed by atoms with Gasteiger partial charge in [0.1, 0.15) is 42.5 Å². The summed E-state index contributed by atoms with van der Waals surface area (Å²) in [6.45, 7) is 20.0. The summed E-state index contributed by atoms with van der Waals surface area (Å²) in [4.78, 5) is 81.6. The Morgan fingerprint density at radius 1 is 0.528 bits per heavy atom. The molecule has 4 aromatic carbocycles. The Kier molecular flexibility index (Phi) is 18.0.